The van der Waals surface area contributed by atoms with Gasteiger partial charge in [-0.05, 0) is 6.32 Å². The molecule has 3 nitrogen and oxygen atoms in total. The second-order valence-electron chi connectivity index (χ2n) is 0.874. The normalized spacial score (nSPS) is 18.7. The van der Waals surface area contributed by atoms with Gasteiger partial charge in [-0.15, -0.1) is 0 Å². The first-order chi connectivity index (χ1) is 2.50. The van der Waals surface area contributed by atoms with Gasteiger partial charge in [0.05, 0.1) is 6.61 Å². The van der Waals surface area contributed by atoms with E-state index < -0.39 is 0 Å². The zero-order valence-electron chi connectivity index (χ0n) is 3.52. The summed E-state index contributed by atoms with van der Waals surface area (Å²) in [6, 6.07) is 0. The standard InChI is InChI=1S/C2H4BO2.H3N/c1-2-4-5-3-1;/h1-2H2;1H3. The van der Waals surface area contributed by atoms with Crippen molar-refractivity contribution >= 4 is 7.48 Å². The number of rotatable bonds is 0. The molecule has 3 N–H and O–H groups in total. The van der Waals surface area contributed by atoms with E-state index in [1.807, 2.05) is 0 Å². The van der Waals surface area contributed by atoms with Crippen molar-refractivity contribution < 1.29 is 9.69 Å². The molecule has 1 rings (SSSR count). The maximum absolute atomic E-state index is 4.39. The molecule has 1 radical (unpaired) electrons. The lowest BCUT2D eigenvalue weighted by molar-refractivity contribution is -0.181. The lowest BCUT2D eigenvalue weighted by Gasteiger charge is -1.79. The van der Waals surface area contributed by atoms with E-state index in [2.05, 4.69) is 9.69 Å². The van der Waals surface area contributed by atoms with Gasteiger partial charge in [-0.3, -0.25) is 4.89 Å². The Labute approximate surface area is 37.4 Å². The van der Waals surface area contributed by atoms with Gasteiger partial charge in [-0.2, -0.15) is 0 Å². The van der Waals surface area contributed by atoms with Gasteiger partial charge in [0, 0.05) is 0 Å². The van der Waals surface area contributed by atoms with Gasteiger partial charge in [-0.1, -0.05) is 0 Å². The van der Waals surface area contributed by atoms with E-state index in [9.17, 15) is 0 Å². The van der Waals surface area contributed by atoms with Crippen molar-refractivity contribution in [3.05, 3.63) is 0 Å². The van der Waals surface area contributed by atoms with Crippen LogP contribution in [-0.4, -0.2) is 14.1 Å². The summed E-state index contributed by atoms with van der Waals surface area (Å²) < 4.78 is 0. The molecule has 1 heterocycles. The molecule has 35 valence electrons. The molecule has 4 heteroatoms. The Morgan fingerprint density at radius 3 is 2.50 bits per heavy atom. The highest BCUT2D eigenvalue weighted by molar-refractivity contribution is 6.27. The summed E-state index contributed by atoms with van der Waals surface area (Å²) in [5, 5.41) is 0. The monoisotopic (exact) mass is 88.1 g/mol. The van der Waals surface area contributed by atoms with E-state index in [4.69, 9.17) is 0 Å². The summed E-state index contributed by atoms with van der Waals surface area (Å²) in [4.78, 5) is 8.71. The zero-order chi connectivity index (χ0) is 3.54. The Balaban J connectivity index is 0.000000250. The quantitative estimate of drug-likeness (QED) is 0.338. The molecular formula is C2H7BNO2. The molecule has 0 unspecified atom stereocenters. The van der Waals surface area contributed by atoms with E-state index in [1.165, 1.54) is 0 Å². The maximum Gasteiger partial charge on any atom is 0.346 e. The summed E-state index contributed by atoms with van der Waals surface area (Å²) >= 11 is 0. The summed E-state index contributed by atoms with van der Waals surface area (Å²) in [7, 11) is 1.64. The molecule has 0 aromatic rings. The molecule has 1 aliphatic rings. The second-order valence-corrected chi connectivity index (χ2v) is 0.874. The van der Waals surface area contributed by atoms with Crippen LogP contribution in [-0.2, 0) is 9.69 Å². The van der Waals surface area contributed by atoms with Gasteiger partial charge < -0.3 is 11.0 Å². The van der Waals surface area contributed by atoms with Crippen LogP contribution in [0.5, 0.6) is 0 Å². The molecule has 0 aliphatic carbocycles. The van der Waals surface area contributed by atoms with Crippen LogP contribution >= 0.6 is 0 Å². The first kappa shape index (κ1) is 5.94. The fraction of sp³-hybridized carbons (Fsp3) is 1.00. The van der Waals surface area contributed by atoms with Gasteiger partial charge in [0.1, 0.15) is 0 Å². The SMILES string of the molecule is N.[B]1CCOO1. The zero-order valence-corrected chi connectivity index (χ0v) is 3.52. The Bertz CT molecular complexity index is 23.1. The highest BCUT2D eigenvalue weighted by atomic mass is 17.2. The van der Waals surface area contributed by atoms with Crippen LogP contribution in [0.25, 0.3) is 0 Å². The fourth-order valence-corrected chi connectivity index (χ4v) is 0.241. The van der Waals surface area contributed by atoms with Crippen LogP contribution in [0, 0.1) is 0 Å². The van der Waals surface area contributed by atoms with Gasteiger partial charge in [0.15, 0.2) is 0 Å². The third kappa shape index (κ3) is 1.40. The molecule has 0 atom stereocenters. The Kier molecular flexibility index (Phi) is 3.12. The van der Waals surface area contributed by atoms with Gasteiger partial charge in [-0.25, -0.2) is 0 Å². The average Bonchev–Trinajstić information content (AvgIpc) is 1.76. The average molecular weight is 87.9 g/mol. The fourth-order valence-electron chi connectivity index (χ4n) is 0.241. The van der Waals surface area contributed by atoms with Gasteiger partial charge in [0.2, 0.25) is 0 Å². The minimum atomic E-state index is 0. The highest BCUT2D eigenvalue weighted by Gasteiger charge is 2.00. The topological polar surface area (TPSA) is 53.5 Å². The molecule has 1 aliphatic heterocycles. The lowest BCUT2D eigenvalue weighted by atomic mass is 9.99. The number of hydrogen-bond donors (Lipinski definition) is 1. The summed E-state index contributed by atoms with van der Waals surface area (Å²) in [6.07, 6.45) is 0.931. The summed E-state index contributed by atoms with van der Waals surface area (Å²) in [5.74, 6) is 0. The van der Waals surface area contributed by atoms with E-state index in [0.29, 0.717) is 0 Å². The molecular weight excluding hydrogens is 80.8 g/mol. The molecule has 6 heavy (non-hydrogen) atoms. The van der Waals surface area contributed by atoms with Crippen molar-refractivity contribution in [2.45, 2.75) is 6.32 Å². The molecule has 1 saturated heterocycles. The van der Waals surface area contributed by atoms with Crippen LogP contribution in [0.2, 0.25) is 6.32 Å². The van der Waals surface area contributed by atoms with Crippen molar-refractivity contribution in [2.75, 3.05) is 6.61 Å². The molecule has 0 amide bonds. The van der Waals surface area contributed by atoms with Crippen molar-refractivity contribution in [1.82, 2.24) is 6.15 Å². The van der Waals surface area contributed by atoms with Gasteiger partial charge in [0.25, 0.3) is 0 Å². The van der Waals surface area contributed by atoms with E-state index >= 15 is 0 Å². The van der Waals surface area contributed by atoms with Crippen molar-refractivity contribution in [3.63, 3.8) is 0 Å². The van der Waals surface area contributed by atoms with E-state index in [-0.39, 0.29) is 6.15 Å². The highest BCUT2D eigenvalue weighted by Crippen LogP contribution is 1.91. The predicted molar refractivity (Wildman–Crippen MR) is 22.6 cm³/mol. The van der Waals surface area contributed by atoms with Crippen LogP contribution in [0.15, 0.2) is 0 Å². The molecule has 0 spiro atoms. The van der Waals surface area contributed by atoms with Crippen LogP contribution in [0.4, 0.5) is 0 Å². The molecule has 0 aromatic carbocycles. The van der Waals surface area contributed by atoms with E-state index in [0.717, 1.165) is 12.9 Å². The largest absolute Gasteiger partial charge is 0.346 e. The van der Waals surface area contributed by atoms with E-state index in [1.54, 1.807) is 7.48 Å². The second kappa shape index (κ2) is 3.15. The number of hydrogen-bond acceptors (Lipinski definition) is 3. The molecule has 0 saturated carbocycles. The first-order valence-corrected chi connectivity index (χ1v) is 1.60. The first-order valence-electron chi connectivity index (χ1n) is 1.60. The predicted octanol–water partition coefficient (Wildman–Crippen LogP) is 0.148. The maximum atomic E-state index is 4.39. The Morgan fingerprint density at radius 2 is 2.33 bits per heavy atom. The summed E-state index contributed by atoms with van der Waals surface area (Å²) in [6.45, 7) is 0.722. The molecule has 0 aromatic heterocycles. The van der Waals surface area contributed by atoms with Crippen molar-refractivity contribution in [1.29, 1.82) is 0 Å². The van der Waals surface area contributed by atoms with Crippen molar-refractivity contribution in [2.24, 2.45) is 0 Å². The Morgan fingerprint density at radius 1 is 1.50 bits per heavy atom. The minimum Gasteiger partial charge on any atom is -0.344 e. The molecule has 0 bridgehead atoms. The third-order valence-corrected chi connectivity index (χ3v) is 0.455. The van der Waals surface area contributed by atoms with Crippen LogP contribution in [0.1, 0.15) is 0 Å². The smallest absolute Gasteiger partial charge is 0.344 e. The molecule has 1 fully saturated rings. The summed E-state index contributed by atoms with van der Waals surface area (Å²) in [5.41, 5.74) is 0. The van der Waals surface area contributed by atoms with Crippen LogP contribution < -0.4 is 6.15 Å². The Hall–Kier alpha value is -0.0551. The lowest BCUT2D eigenvalue weighted by Crippen LogP contribution is -1.78. The van der Waals surface area contributed by atoms with Gasteiger partial charge >= 0.3 is 7.48 Å². The van der Waals surface area contributed by atoms with Crippen LogP contribution in [0.3, 0.4) is 0 Å². The van der Waals surface area contributed by atoms with Crippen molar-refractivity contribution in [3.8, 4) is 0 Å². The third-order valence-electron chi connectivity index (χ3n) is 0.455. The minimum absolute atomic E-state index is 0.